The highest BCUT2D eigenvalue weighted by atomic mass is 16.4. The number of aromatic hydroxyl groups is 1. The maximum Gasteiger partial charge on any atom is 0.326 e. The van der Waals surface area contributed by atoms with Gasteiger partial charge in [-0.2, -0.15) is 0 Å². The molecule has 1 aromatic heterocycles. The van der Waals surface area contributed by atoms with Gasteiger partial charge in [0.15, 0.2) is 0 Å². The molecular formula is C73H99N15O18. The number of primary amides is 1. The summed E-state index contributed by atoms with van der Waals surface area (Å²) in [7, 11) is 0. The highest BCUT2D eigenvalue weighted by Crippen LogP contribution is 2.21. The lowest BCUT2D eigenvalue weighted by atomic mass is 10.00. The molecule has 13 atom stereocenters. The molecule has 106 heavy (non-hydrogen) atoms. The average molecular weight is 1470 g/mol. The van der Waals surface area contributed by atoms with E-state index in [4.69, 9.17) is 17.2 Å². The van der Waals surface area contributed by atoms with Gasteiger partial charge >= 0.3 is 5.97 Å². The Morgan fingerprint density at radius 2 is 0.858 bits per heavy atom. The van der Waals surface area contributed by atoms with Gasteiger partial charge in [0.1, 0.15) is 72.2 Å². The number of aromatic amines is 1. The first-order valence-corrected chi connectivity index (χ1v) is 35.3. The lowest BCUT2D eigenvalue weighted by molar-refractivity contribution is -0.143. The molecule has 1 saturated heterocycles. The van der Waals surface area contributed by atoms with Crippen molar-refractivity contribution in [2.75, 3.05) is 19.7 Å². The number of aromatic nitrogens is 1. The minimum Gasteiger partial charge on any atom is -0.508 e. The number of nitrogens with two attached hydrogens (primary N) is 3. The van der Waals surface area contributed by atoms with Crippen molar-refractivity contribution in [3.8, 4) is 5.75 Å². The van der Waals surface area contributed by atoms with Crippen molar-refractivity contribution in [3.63, 3.8) is 0 Å². The van der Waals surface area contributed by atoms with Crippen molar-refractivity contribution in [2.45, 2.75) is 195 Å². The molecule has 4 unspecified atom stereocenters. The fourth-order valence-electron chi connectivity index (χ4n) is 11.9. The Morgan fingerprint density at radius 3 is 1.35 bits per heavy atom. The monoisotopic (exact) mass is 1470 g/mol. The number of phenols is 1. The van der Waals surface area contributed by atoms with E-state index in [2.05, 4.69) is 63.5 Å². The Labute approximate surface area is 612 Å². The predicted molar refractivity (Wildman–Crippen MR) is 386 cm³/mol. The molecule has 1 aliphatic heterocycles. The van der Waals surface area contributed by atoms with Gasteiger partial charge in [0.2, 0.25) is 70.9 Å². The Kier molecular flexibility index (Phi) is 33.9. The summed E-state index contributed by atoms with van der Waals surface area (Å²) in [5, 5.41) is 81.2. The molecule has 0 saturated carbocycles. The van der Waals surface area contributed by atoms with Crippen LogP contribution in [0.2, 0.25) is 0 Å². The van der Waals surface area contributed by atoms with E-state index < -0.39 is 175 Å². The van der Waals surface area contributed by atoms with Crippen molar-refractivity contribution in [1.29, 1.82) is 0 Å². The summed E-state index contributed by atoms with van der Waals surface area (Å²) in [6.07, 6.45) is -2.84. The molecule has 33 nitrogen and oxygen atoms in total. The van der Waals surface area contributed by atoms with Crippen LogP contribution in [0.5, 0.6) is 5.75 Å². The second-order valence-corrected chi connectivity index (χ2v) is 26.2. The molecule has 12 amide bonds. The number of phenolic OH excluding ortho intramolecular Hbond substituents is 1. The first-order valence-electron chi connectivity index (χ1n) is 35.3. The molecule has 0 spiro atoms. The van der Waals surface area contributed by atoms with Crippen molar-refractivity contribution in [2.24, 2.45) is 17.2 Å². The third kappa shape index (κ3) is 27.0. The van der Waals surface area contributed by atoms with E-state index in [9.17, 15) is 73.5 Å². The molecule has 2 heterocycles. The van der Waals surface area contributed by atoms with Crippen molar-refractivity contribution in [3.05, 3.63) is 138 Å². The van der Waals surface area contributed by atoms with Gasteiger partial charge in [0, 0.05) is 49.2 Å². The zero-order chi connectivity index (χ0) is 77.4. The Balaban J connectivity index is 1.43. The summed E-state index contributed by atoms with van der Waals surface area (Å²) in [5.74, 6) is -14.1. The fraction of sp³-hybridized carbons (Fsp3) is 0.466. The van der Waals surface area contributed by atoms with Gasteiger partial charge in [-0.15, -0.1) is 0 Å². The van der Waals surface area contributed by atoms with E-state index in [0.29, 0.717) is 52.4 Å². The van der Waals surface area contributed by atoms with Crippen LogP contribution >= 0.6 is 0 Å². The Bertz CT molecular complexity index is 3790. The molecule has 4 aromatic carbocycles. The molecular weight excluding hydrogens is 1370 g/mol. The molecule has 0 aliphatic carbocycles. The summed E-state index contributed by atoms with van der Waals surface area (Å²) >= 11 is 0. The number of amides is 12. The fourth-order valence-corrected chi connectivity index (χ4v) is 11.9. The highest BCUT2D eigenvalue weighted by molar-refractivity contribution is 6.00. The number of para-hydroxylation sites is 1. The number of aliphatic hydroxyl groups excluding tert-OH is 3. The number of hydrogen-bond donors (Lipinski definition) is 20. The second-order valence-electron chi connectivity index (χ2n) is 26.2. The van der Waals surface area contributed by atoms with Crippen LogP contribution in [0.25, 0.3) is 10.9 Å². The van der Waals surface area contributed by atoms with Crippen LogP contribution in [0.1, 0.15) is 113 Å². The van der Waals surface area contributed by atoms with E-state index in [0.717, 1.165) is 13.8 Å². The largest absolute Gasteiger partial charge is 0.508 e. The third-order valence-corrected chi connectivity index (χ3v) is 17.7. The van der Waals surface area contributed by atoms with E-state index in [-0.39, 0.29) is 89.5 Å². The summed E-state index contributed by atoms with van der Waals surface area (Å²) in [4.78, 5) is 188. The lowest BCUT2D eigenvalue weighted by Gasteiger charge is -2.29. The second kappa shape index (κ2) is 42.8. The summed E-state index contributed by atoms with van der Waals surface area (Å²) < 4.78 is 0. The number of fused-ring (bicyclic) bond motifs is 1. The molecule has 5 aromatic rings. The summed E-state index contributed by atoms with van der Waals surface area (Å²) in [6, 6.07) is 10.7. The molecule has 1 aliphatic rings. The number of carbonyl (C=O) groups is 13. The average Bonchev–Trinajstić information content (AvgIpc) is 1.30. The van der Waals surface area contributed by atoms with Crippen LogP contribution in [-0.2, 0) is 88.0 Å². The number of aliphatic carboxylic acids is 1. The van der Waals surface area contributed by atoms with Crippen LogP contribution < -0.4 is 75.7 Å². The maximum atomic E-state index is 15.3. The van der Waals surface area contributed by atoms with Gasteiger partial charge in [-0.3, -0.25) is 57.5 Å². The quantitative estimate of drug-likeness (QED) is 0.0316. The first-order chi connectivity index (χ1) is 50.7. The molecule has 33 heteroatoms. The molecule has 23 N–H and O–H groups in total. The third-order valence-electron chi connectivity index (χ3n) is 17.7. The number of carboxylic acid groups (broad SMARTS) is 1. The normalized spacial score (nSPS) is 23.9. The number of benzene rings is 4. The molecule has 0 radical (unpaired) electrons. The summed E-state index contributed by atoms with van der Waals surface area (Å²) in [6.45, 7) is 1.45. The van der Waals surface area contributed by atoms with Crippen molar-refractivity contribution < 1.29 is 87.9 Å². The van der Waals surface area contributed by atoms with Gasteiger partial charge < -0.3 is 106 Å². The number of rotatable bonds is 22. The van der Waals surface area contributed by atoms with Crippen molar-refractivity contribution >= 4 is 87.8 Å². The zero-order valence-electron chi connectivity index (χ0n) is 59.2. The van der Waals surface area contributed by atoms with E-state index in [1.165, 1.54) is 24.3 Å². The van der Waals surface area contributed by atoms with E-state index in [1.54, 1.807) is 91.1 Å². The highest BCUT2D eigenvalue weighted by Gasteiger charge is 2.39. The SMILES string of the molecule is C[C@@H](O)[C@@H]1NC(=O)C(Cc2ccc(O)cc2)NC(=O)[C@H]([C@@H](C)O)NC(=O)[C@H](CCCCN)NC(=O)C(Cc2c[nH]c3ccccc23)NC(=O)[C@H](Cc2ccccc2)NC(=O)C(Cc2ccccc2)NC(=O)[C@H](CC(N)=O)NC(=O)[C@H](CCCCN)NC(=O)CCCCC[C@@H](C(=O)O)NC(=O)C(CO)NC1=O. The zero-order valence-corrected chi connectivity index (χ0v) is 59.2. The molecule has 6 rings (SSSR count). The van der Waals surface area contributed by atoms with Gasteiger partial charge in [-0.05, 0) is 119 Å². The summed E-state index contributed by atoms with van der Waals surface area (Å²) in [5.41, 5.74) is 19.8. The van der Waals surface area contributed by atoms with Crippen LogP contribution in [-0.4, -0.2) is 206 Å². The topological polar surface area (TPSA) is 549 Å². The van der Waals surface area contributed by atoms with Gasteiger partial charge in [-0.1, -0.05) is 104 Å². The number of H-pyrrole nitrogens is 1. The van der Waals surface area contributed by atoms with Crippen LogP contribution in [0.3, 0.4) is 0 Å². The van der Waals surface area contributed by atoms with Crippen LogP contribution in [0, 0.1) is 0 Å². The van der Waals surface area contributed by atoms with Gasteiger partial charge in [0.25, 0.3) is 0 Å². The number of unbranched alkanes of at least 4 members (excludes halogenated alkanes) is 2. The van der Waals surface area contributed by atoms with Crippen molar-refractivity contribution in [1.82, 2.24) is 63.5 Å². The molecule has 574 valence electrons. The predicted octanol–water partition coefficient (Wildman–Crippen LogP) is -2.59. The minimum atomic E-state index is -1.96. The number of nitrogens with one attached hydrogen (secondary N) is 12. The van der Waals surface area contributed by atoms with Crippen LogP contribution in [0.4, 0.5) is 0 Å². The first kappa shape index (κ1) is 84.1. The van der Waals surface area contributed by atoms with Crippen LogP contribution in [0.15, 0.2) is 115 Å². The van der Waals surface area contributed by atoms with Gasteiger partial charge in [0.05, 0.1) is 25.2 Å². The minimum absolute atomic E-state index is 0.00519. The smallest absolute Gasteiger partial charge is 0.326 e. The van der Waals surface area contributed by atoms with E-state index >= 15 is 14.4 Å². The lowest BCUT2D eigenvalue weighted by Crippen LogP contribution is -2.63. The van der Waals surface area contributed by atoms with E-state index in [1.807, 2.05) is 0 Å². The number of hydrogen-bond acceptors (Lipinski definition) is 19. The Hall–Kier alpha value is -10.9. The molecule has 0 bridgehead atoms. The number of carbonyl (C=O) groups excluding carboxylic acids is 12. The number of carboxylic acids is 1. The van der Waals surface area contributed by atoms with Gasteiger partial charge in [-0.25, -0.2) is 4.79 Å². The molecule has 1 fully saturated rings. The number of aliphatic hydroxyl groups is 3. The maximum absolute atomic E-state index is 15.3. The standard InChI is InChI=1S/C73H99N15O18/c1-41(90)61-71(103)85-55(36-45-28-30-47(92)31-29-45)69(101)88-62(42(2)91)72(104)86-58(40-89)70(102)80-52(73(105)106)26-10-5-11-27-60(94)78-50(24-14-16-32-74)63(95)84-57(38-59(76)93)68(100)82-53(34-43-18-6-3-7-19-43)65(97)81-54(35-44-20-8-4-9-21-44)66(98)83-56(37-46-39-77-49-23-13-12-22-48(46)49)67(99)79-51(64(96)87-61)25-15-17-33-75/h3-4,6-9,12-13,18-23,28-31,39,41-42,50-58,61-62,77,89-92H,5,10-11,14-17,24-27,32-38,40,74-75H2,1-2H3,(H2,76,93)(H,78,94)(H,79,99)(H,80,102)(H,81,97)(H,82,100)(H,83,98)(H,84,95)(H,85,103)(H,86,104)(H,87,96)(H,88,101)(H,105,106)/t41-,42-,50+,51+,52+,53?,54+,55?,56?,57+,58?,61+,62+/m1/s1. The Morgan fingerprint density at radius 1 is 0.453 bits per heavy atom.